The molecule has 2 heterocycles. The van der Waals surface area contributed by atoms with Crippen LogP contribution in [0, 0.1) is 13.8 Å². The van der Waals surface area contributed by atoms with Gasteiger partial charge >= 0.3 is 0 Å². The van der Waals surface area contributed by atoms with Crippen LogP contribution in [0.1, 0.15) is 36.3 Å². The predicted octanol–water partition coefficient (Wildman–Crippen LogP) is 1.97. The molecule has 7 heteroatoms. The van der Waals surface area contributed by atoms with E-state index in [1.165, 1.54) is 9.88 Å². The van der Waals surface area contributed by atoms with Gasteiger partial charge in [0, 0.05) is 43.0 Å². The number of nitrogens with zero attached hydrogens (tertiary/aromatic N) is 3. The van der Waals surface area contributed by atoms with Crippen LogP contribution in [0.25, 0.3) is 0 Å². The van der Waals surface area contributed by atoms with E-state index in [0.29, 0.717) is 0 Å². The van der Waals surface area contributed by atoms with Gasteiger partial charge in [-0.25, -0.2) is 4.98 Å². The van der Waals surface area contributed by atoms with Crippen LogP contribution in [0.2, 0.25) is 0 Å². The molecule has 1 aromatic heterocycles. The molecular weight excluding hydrogens is 334 g/mol. The third-order valence-corrected chi connectivity index (χ3v) is 5.67. The van der Waals surface area contributed by atoms with Crippen LogP contribution >= 0.6 is 11.3 Å². The number of ether oxygens (including phenoxy) is 1. The Bertz CT molecular complexity index is 544. The van der Waals surface area contributed by atoms with Gasteiger partial charge in [0.25, 0.3) is 0 Å². The second-order valence-electron chi connectivity index (χ2n) is 7.03. The molecule has 0 radical (unpaired) electrons. The van der Waals surface area contributed by atoms with Crippen molar-refractivity contribution in [3.8, 4) is 0 Å². The normalized spacial score (nSPS) is 16.9. The van der Waals surface area contributed by atoms with E-state index in [4.69, 9.17) is 9.73 Å². The van der Waals surface area contributed by atoms with Crippen LogP contribution in [-0.4, -0.2) is 67.3 Å². The first-order valence-corrected chi connectivity index (χ1v) is 10.0. The monoisotopic (exact) mass is 367 g/mol. The number of hydrogen-bond donors (Lipinski definition) is 2. The molecule has 1 aliphatic rings. The Morgan fingerprint density at radius 3 is 2.60 bits per heavy atom. The summed E-state index contributed by atoms with van der Waals surface area (Å²) in [6.45, 7) is 16.9. The summed E-state index contributed by atoms with van der Waals surface area (Å²) in [6, 6.07) is 0. The lowest BCUT2D eigenvalue weighted by molar-refractivity contribution is -0.00683. The minimum absolute atomic E-state index is 0.0374. The van der Waals surface area contributed by atoms with Crippen LogP contribution in [0.15, 0.2) is 4.99 Å². The van der Waals surface area contributed by atoms with Gasteiger partial charge in [-0.05, 0) is 34.6 Å². The Morgan fingerprint density at radius 2 is 2.00 bits per heavy atom. The van der Waals surface area contributed by atoms with Gasteiger partial charge in [0.1, 0.15) is 0 Å². The van der Waals surface area contributed by atoms with E-state index < -0.39 is 0 Å². The largest absolute Gasteiger partial charge is 0.379 e. The molecule has 1 aromatic rings. The lowest BCUT2D eigenvalue weighted by Gasteiger charge is -2.39. The molecule has 2 N–H and O–H groups in total. The molecule has 2 rings (SSSR count). The highest BCUT2D eigenvalue weighted by Crippen LogP contribution is 2.17. The number of morpholine rings is 1. The molecule has 0 unspecified atom stereocenters. The first-order chi connectivity index (χ1) is 11.9. The van der Waals surface area contributed by atoms with E-state index >= 15 is 0 Å². The first kappa shape index (κ1) is 20.1. The van der Waals surface area contributed by atoms with E-state index in [9.17, 15) is 0 Å². The van der Waals surface area contributed by atoms with Gasteiger partial charge in [0.15, 0.2) is 5.96 Å². The van der Waals surface area contributed by atoms with Crippen molar-refractivity contribution in [2.24, 2.45) is 4.99 Å². The van der Waals surface area contributed by atoms with Gasteiger partial charge in [-0.2, -0.15) is 0 Å². The van der Waals surface area contributed by atoms with Gasteiger partial charge in [0.05, 0.1) is 30.5 Å². The molecule has 1 saturated heterocycles. The number of aromatic nitrogens is 1. The fourth-order valence-corrected chi connectivity index (χ4v) is 3.75. The third kappa shape index (κ3) is 6.24. The molecule has 1 fully saturated rings. The standard InChI is InChI=1S/C18H33N5OS/c1-6-19-17(20-8-7-16-22-14(2)15(3)25-16)21-13-18(4,5)23-9-11-24-12-10-23/h6-13H2,1-5H3,(H2,19,20,21). The number of nitrogens with one attached hydrogen (secondary N) is 2. The maximum absolute atomic E-state index is 5.46. The lowest BCUT2D eigenvalue weighted by Crippen LogP contribution is -2.52. The van der Waals surface area contributed by atoms with Gasteiger partial charge < -0.3 is 15.4 Å². The molecule has 0 atom stereocenters. The van der Waals surface area contributed by atoms with Crippen molar-refractivity contribution in [1.82, 2.24) is 20.5 Å². The van der Waals surface area contributed by atoms with Gasteiger partial charge in [-0.15, -0.1) is 11.3 Å². The zero-order valence-electron chi connectivity index (χ0n) is 16.3. The van der Waals surface area contributed by atoms with Crippen LogP contribution in [-0.2, 0) is 11.2 Å². The predicted molar refractivity (Wildman–Crippen MR) is 106 cm³/mol. The minimum Gasteiger partial charge on any atom is -0.379 e. The van der Waals surface area contributed by atoms with Gasteiger partial charge in [-0.1, -0.05) is 0 Å². The summed E-state index contributed by atoms with van der Waals surface area (Å²) in [5.41, 5.74) is 1.18. The molecule has 0 amide bonds. The molecule has 0 aromatic carbocycles. The Kier molecular flexibility index (Phi) is 7.65. The second-order valence-corrected chi connectivity index (χ2v) is 8.32. The van der Waals surface area contributed by atoms with Crippen molar-refractivity contribution in [1.29, 1.82) is 0 Å². The average Bonchev–Trinajstić information content (AvgIpc) is 2.91. The van der Waals surface area contributed by atoms with E-state index in [2.05, 4.69) is 55.1 Å². The summed E-state index contributed by atoms with van der Waals surface area (Å²) < 4.78 is 5.46. The number of thiazole rings is 1. The average molecular weight is 368 g/mol. The molecule has 6 nitrogen and oxygen atoms in total. The number of hydrogen-bond acceptors (Lipinski definition) is 5. The van der Waals surface area contributed by atoms with Crippen LogP contribution in [0.5, 0.6) is 0 Å². The molecule has 142 valence electrons. The summed E-state index contributed by atoms with van der Waals surface area (Å²) in [7, 11) is 0. The minimum atomic E-state index is 0.0374. The fraction of sp³-hybridized carbons (Fsp3) is 0.778. The summed E-state index contributed by atoms with van der Waals surface area (Å²) in [6.07, 6.45) is 0.927. The summed E-state index contributed by atoms with van der Waals surface area (Å²) in [4.78, 5) is 13.2. The molecule has 25 heavy (non-hydrogen) atoms. The highest BCUT2D eigenvalue weighted by atomic mass is 32.1. The smallest absolute Gasteiger partial charge is 0.191 e. The number of aryl methyl sites for hydroxylation is 2. The van der Waals surface area contributed by atoms with Crippen molar-refractivity contribution >= 4 is 17.3 Å². The second kappa shape index (κ2) is 9.50. The Labute approximate surface area is 156 Å². The Morgan fingerprint density at radius 1 is 1.28 bits per heavy atom. The fourth-order valence-electron chi connectivity index (χ4n) is 2.82. The van der Waals surface area contributed by atoms with Crippen LogP contribution in [0.4, 0.5) is 0 Å². The highest BCUT2D eigenvalue weighted by Gasteiger charge is 2.28. The highest BCUT2D eigenvalue weighted by molar-refractivity contribution is 7.11. The van der Waals surface area contributed by atoms with E-state index in [0.717, 1.165) is 64.0 Å². The zero-order chi connectivity index (χ0) is 18.3. The Balaban J connectivity index is 1.86. The van der Waals surface area contributed by atoms with Crippen molar-refractivity contribution in [3.05, 3.63) is 15.6 Å². The van der Waals surface area contributed by atoms with Crippen molar-refractivity contribution < 1.29 is 4.74 Å². The summed E-state index contributed by atoms with van der Waals surface area (Å²) in [5, 5.41) is 7.96. The number of guanidine groups is 1. The van der Waals surface area contributed by atoms with Gasteiger partial charge in [-0.3, -0.25) is 9.89 Å². The van der Waals surface area contributed by atoms with Crippen LogP contribution < -0.4 is 10.6 Å². The maximum atomic E-state index is 5.46. The van der Waals surface area contributed by atoms with Crippen LogP contribution in [0.3, 0.4) is 0 Å². The SMILES string of the molecule is CCNC(=NCC(C)(C)N1CCOCC1)NCCc1nc(C)c(C)s1. The number of aliphatic imine (C=N–C) groups is 1. The van der Waals surface area contributed by atoms with E-state index in [-0.39, 0.29) is 5.54 Å². The summed E-state index contributed by atoms with van der Waals surface area (Å²) >= 11 is 1.79. The maximum Gasteiger partial charge on any atom is 0.191 e. The topological polar surface area (TPSA) is 61.8 Å². The molecule has 0 spiro atoms. The third-order valence-electron chi connectivity index (χ3n) is 4.54. The van der Waals surface area contributed by atoms with Gasteiger partial charge in [0.2, 0.25) is 0 Å². The quantitative estimate of drug-likeness (QED) is 0.570. The van der Waals surface area contributed by atoms with E-state index in [1.807, 2.05) is 0 Å². The Hall–Kier alpha value is -1.18. The lowest BCUT2D eigenvalue weighted by atomic mass is 10.0. The molecule has 0 bridgehead atoms. The van der Waals surface area contributed by atoms with Crippen molar-refractivity contribution in [2.75, 3.05) is 45.9 Å². The summed E-state index contributed by atoms with van der Waals surface area (Å²) in [5.74, 6) is 0.883. The van der Waals surface area contributed by atoms with Crippen molar-refractivity contribution in [2.45, 2.75) is 46.6 Å². The zero-order valence-corrected chi connectivity index (χ0v) is 17.1. The molecule has 0 aliphatic carbocycles. The van der Waals surface area contributed by atoms with Crippen molar-refractivity contribution in [3.63, 3.8) is 0 Å². The number of rotatable bonds is 7. The molecular formula is C18H33N5OS. The first-order valence-electron chi connectivity index (χ1n) is 9.20. The molecule has 1 aliphatic heterocycles. The molecule has 0 saturated carbocycles. The van der Waals surface area contributed by atoms with E-state index in [1.54, 1.807) is 11.3 Å².